The maximum Gasteiger partial charge on any atom is 0.305 e. The van der Waals surface area contributed by atoms with E-state index in [1.807, 2.05) is 19.1 Å². The van der Waals surface area contributed by atoms with Gasteiger partial charge in [0.25, 0.3) is 5.09 Å². The predicted molar refractivity (Wildman–Crippen MR) is 69.9 cm³/mol. The fourth-order valence-corrected chi connectivity index (χ4v) is 1.69. The number of carbonyl (C=O) groups excluding carboxylic acids is 1. The predicted octanol–water partition coefficient (Wildman–Crippen LogP) is 2.22. The number of allylic oxidation sites excluding steroid dienone is 2. The monoisotopic (exact) mass is 277 g/mol. The van der Waals surface area contributed by atoms with Crippen LogP contribution in [0, 0.1) is 10.1 Å². The van der Waals surface area contributed by atoms with Crippen LogP contribution in [0.25, 0.3) is 0 Å². The van der Waals surface area contributed by atoms with E-state index in [0.717, 1.165) is 12.8 Å². The van der Waals surface area contributed by atoms with E-state index in [2.05, 4.69) is 4.84 Å². The molecule has 0 aromatic rings. The molecule has 6 nitrogen and oxygen atoms in total. The molecule has 0 N–H and O–H groups in total. The van der Waals surface area contributed by atoms with Crippen molar-refractivity contribution in [3.05, 3.63) is 22.3 Å². The highest BCUT2D eigenvalue weighted by atomic mass is 32.2. The van der Waals surface area contributed by atoms with Gasteiger partial charge in [-0.05, 0) is 19.8 Å². The Morgan fingerprint density at radius 2 is 2.11 bits per heavy atom. The number of rotatable bonds is 11. The van der Waals surface area contributed by atoms with Crippen LogP contribution in [-0.2, 0) is 14.4 Å². The molecule has 0 rings (SSSR count). The second-order valence-corrected chi connectivity index (χ2v) is 4.58. The SMILES string of the molecule is C/C=C\CCCC(=O)OCCSCCO[N+](=O)[O-]. The zero-order chi connectivity index (χ0) is 13.6. The van der Waals surface area contributed by atoms with Crippen molar-refractivity contribution in [2.24, 2.45) is 0 Å². The number of unbranched alkanes of at least 4 members (excludes halogenated alkanes) is 1. The molecular formula is C11H19NO5S. The molecule has 104 valence electrons. The van der Waals surface area contributed by atoms with Crippen LogP contribution in [0.2, 0.25) is 0 Å². The van der Waals surface area contributed by atoms with Crippen molar-refractivity contribution >= 4 is 17.7 Å². The van der Waals surface area contributed by atoms with Crippen LogP contribution in [0.5, 0.6) is 0 Å². The van der Waals surface area contributed by atoms with Gasteiger partial charge in [-0.15, -0.1) is 10.1 Å². The van der Waals surface area contributed by atoms with Gasteiger partial charge in [-0.1, -0.05) is 12.2 Å². The Balaban J connectivity index is 3.22. The van der Waals surface area contributed by atoms with Crippen LogP contribution >= 0.6 is 11.8 Å². The summed E-state index contributed by atoms with van der Waals surface area (Å²) in [6.45, 7) is 2.35. The van der Waals surface area contributed by atoms with Gasteiger partial charge in [0.05, 0.1) is 0 Å². The standard InChI is InChI=1S/C11H19NO5S/c1-2-3-4-5-6-11(13)16-7-9-18-10-8-17-12(14)15/h2-3H,4-10H2,1H3/b3-2-. The van der Waals surface area contributed by atoms with E-state index in [-0.39, 0.29) is 12.6 Å². The lowest BCUT2D eigenvalue weighted by Crippen LogP contribution is -2.08. The molecule has 0 fully saturated rings. The highest BCUT2D eigenvalue weighted by molar-refractivity contribution is 7.99. The van der Waals surface area contributed by atoms with Gasteiger partial charge < -0.3 is 9.57 Å². The van der Waals surface area contributed by atoms with Crippen LogP contribution in [-0.4, -0.2) is 35.8 Å². The van der Waals surface area contributed by atoms with E-state index in [4.69, 9.17) is 4.74 Å². The van der Waals surface area contributed by atoms with Gasteiger partial charge in [0.1, 0.15) is 13.2 Å². The molecule has 0 atom stereocenters. The van der Waals surface area contributed by atoms with Crippen molar-refractivity contribution < 1.29 is 19.5 Å². The minimum atomic E-state index is -0.814. The van der Waals surface area contributed by atoms with E-state index in [9.17, 15) is 14.9 Å². The minimum absolute atomic E-state index is 0.0644. The Morgan fingerprint density at radius 3 is 2.78 bits per heavy atom. The molecule has 0 aliphatic rings. The van der Waals surface area contributed by atoms with Crippen LogP contribution in [0.3, 0.4) is 0 Å². The normalized spacial score (nSPS) is 10.5. The summed E-state index contributed by atoms with van der Waals surface area (Å²) in [6.07, 6.45) is 6.08. The summed E-state index contributed by atoms with van der Waals surface area (Å²) in [7, 11) is 0. The molecular weight excluding hydrogens is 258 g/mol. The zero-order valence-electron chi connectivity index (χ0n) is 10.5. The zero-order valence-corrected chi connectivity index (χ0v) is 11.3. The number of hydrogen-bond donors (Lipinski definition) is 0. The summed E-state index contributed by atoms with van der Waals surface area (Å²) in [5.41, 5.74) is 0. The third kappa shape index (κ3) is 12.8. The summed E-state index contributed by atoms with van der Waals surface area (Å²) < 4.78 is 4.99. The quantitative estimate of drug-likeness (QED) is 0.189. The first-order valence-electron chi connectivity index (χ1n) is 5.78. The van der Waals surface area contributed by atoms with Gasteiger partial charge in [0.15, 0.2) is 0 Å². The summed E-state index contributed by atoms with van der Waals surface area (Å²) >= 11 is 1.45. The maximum atomic E-state index is 11.2. The first kappa shape index (κ1) is 16.8. The molecule has 0 saturated heterocycles. The Labute approximate surface area is 111 Å². The molecule has 0 amide bonds. The number of thioether (sulfide) groups is 1. The molecule has 0 unspecified atom stereocenters. The van der Waals surface area contributed by atoms with Crippen molar-refractivity contribution in [3.63, 3.8) is 0 Å². The fraction of sp³-hybridized carbons (Fsp3) is 0.727. The number of hydrogen-bond acceptors (Lipinski definition) is 6. The van der Waals surface area contributed by atoms with Crippen molar-refractivity contribution in [2.75, 3.05) is 24.7 Å². The van der Waals surface area contributed by atoms with E-state index in [1.165, 1.54) is 11.8 Å². The van der Waals surface area contributed by atoms with Crippen LogP contribution in [0.4, 0.5) is 0 Å². The summed E-state index contributed by atoms with van der Waals surface area (Å²) in [4.78, 5) is 25.2. The van der Waals surface area contributed by atoms with Gasteiger partial charge in [-0.3, -0.25) is 4.79 Å². The molecule has 0 aromatic heterocycles. The number of carbonyl (C=O) groups is 1. The Bertz CT molecular complexity index is 270. The highest BCUT2D eigenvalue weighted by Crippen LogP contribution is 2.02. The fourth-order valence-electron chi connectivity index (χ4n) is 1.09. The highest BCUT2D eigenvalue weighted by Gasteiger charge is 2.01. The second-order valence-electron chi connectivity index (χ2n) is 3.35. The van der Waals surface area contributed by atoms with Gasteiger partial charge in [0, 0.05) is 17.9 Å². The maximum absolute atomic E-state index is 11.2. The lowest BCUT2D eigenvalue weighted by atomic mass is 10.2. The molecule has 18 heavy (non-hydrogen) atoms. The molecule has 0 saturated carbocycles. The lowest BCUT2D eigenvalue weighted by Gasteiger charge is -2.04. The molecule has 0 aliphatic heterocycles. The van der Waals surface area contributed by atoms with E-state index >= 15 is 0 Å². The largest absolute Gasteiger partial charge is 0.465 e. The average molecular weight is 277 g/mol. The third-order valence-electron chi connectivity index (χ3n) is 1.90. The second kappa shape index (κ2) is 12.2. The van der Waals surface area contributed by atoms with E-state index in [0.29, 0.717) is 24.5 Å². The minimum Gasteiger partial charge on any atom is -0.465 e. The molecule has 0 spiro atoms. The summed E-state index contributed by atoms with van der Waals surface area (Å²) in [5.74, 6) is 0.947. The molecule has 0 heterocycles. The molecule has 0 aromatic carbocycles. The molecule has 0 bridgehead atoms. The summed E-state index contributed by atoms with van der Waals surface area (Å²) in [6, 6.07) is 0. The van der Waals surface area contributed by atoms with E-state index in [1.54, 1.807) is 0 Å². The molecule has 7 heteroatoms. The van der Waals surface area contributed by atoms with Gasteiger partial charge >= 0.3 is 5.97 Å². The molecule has 0 radical (unpaired) electrons. The van der Waals surface area contributed by atoms with Crippen LogP contribution in [0.1, 0.15) is 26.2 Å². The Kier molecular flexibility index (Phi) is 11.4. The Morgan fingerprint density at radius 1 is 1.39 bits per heavy atom. The van der Waals surface area contributed by atoms with Crippen molar-refractivity contribution in [1.82, 2.24) is 0 Å². The van der Waals surface area contributed by atoms with Crippen LogP contribution < -0.4 is 0 Å². The third-order valence-corrected chi connectivity index (χ3v) is 2.81. The van der Waals surface area contributed by atoms with Crippen molar-refractivity contribution in [2.45, 2.75) is 26.2 Å². The van der Waals surface area contributed by atoms with Gasteiger partial charge in [-0.25, -0.2) is 0 Å². The smallest absolute Gasteiger partial charge is 0.305 e. The topological polar surface area (TPSA) is 78.7 Å². The van der Waals surface area contributed by atoms with Crippen molar-refractivity contribution in [3.8, 4) is 0 Å². The number of ether oxygens (including phenoxy) is 1. The van der Waals surface area contributed by atoms with Crippen molar-refractivity contribution in [1.29, 1.82) is 0 Å². The number of nitrogens with zero attached hydrogens (tertiary/aromatic N) is 1. The first-order valence-corrected chi connectivity index (χ1v) is 6.94. The van der Waals surface area contributed by atoms with Gasteiger partial charge in [-0.2, -0.15) is 11.8 Å². The summed E-state index contributed by atoms with van der Waals surface area (Å²) in [5, 5.41) is 9.01. The first-order chi connectivity index (χ1) is 8.66. The lowest BCUT2D eigenvalue weighted by molar-refractivity contribution is -0.756. The van der Waals surface area contributed by atoms with Crippen LogP contribution in [0.15, 0.2) is 12.2 Å². The molecule has 0 aliphatic carbocycles. The van der Waals surface area contributed by atoms with E-state index < -0.39 is 5.09 Å². The average Bonchev–Trinajstić information content (AvgIpc) is 2.33. The Hall–Kier alpha value is -1.24. The van der Waals surface area contributed by atoms with Gasteiger partial charge in [0.2, 0.25) is 0 Å². The number of esters is 1.